The van der Waals surface area contributed by atoms with E-state index in [1.165, 1.54) is 77.2 Å². The summed E-state index contributed by atoms with van der Waals surface area (Å²) in [6.45, 7) is 6.68. The molecule has 0 spiro atoms. The molecule has 5 heteroatoms. The van der Waals surface area contributed by atoms with Crippen LogP contribution in [0.25, 0.3) is 5.70 Å². The Kier molecular flexibility index (Phi) is 12.1. The lowest BCUT2D eigenvalue weighted by molar-refractivity contribution is -0.109. The fourth-order valence-corrected chi connectivity index (χ4v) is 5.16. The number of nitrogens with zero attached hydrogens (tertiary/aromatic N) is 1. The van der Waals surface area contributed by atoms with E-state index in [1.807, 2.05) is 13.1 Å². The number of amides is 1. The van der Waals surface area contributed by atoms with Gasteiger partial charge in [-0.1, -0.05) is 64.4 Å². The van der Waals surface area contributed by atoms with Crippen molar-refractivity contribution in [2.24, 2.45) is 11.8 Å². The van der Waals surface area contributed by atoms with Crippen LogP contribution < -0.4 is 15.4 Å². The first-order valence-electron chi connectivity index (χ1n) is 12.6. The van der Waals surface area contributed by atoms with Gasteiger partial charge in [0.05, 0.1) is 7.11 Å². The second-order valence-electron chi connectivity index (χ2n) is 9.18. The van der Waals surface area contributed by atoms with E-state index in [0.717, 1.165) is 41.1 Å². The summed E-state index contributed by atoms with van der Waals surface area (Å²) >= 11 is 0. The maximum absolute atomic E-state index is 9.06. The van der Waals surface area contributed by atoms with Gasteiger partial charge in [0.2, 0.25) is 6.41 Å². The van der Waals surface area contributed by atoms with Crippen LogP contribution in [0.3, 0.4) is 0 Å². The first kappa shape index (κ1) is 26.1. The van der Waals surface area contributed by atoms with Gasteiger partial charge in [-0.25, -0.2) is 0 Å². The Morgan fingerprint density at radius 1 is 1.00 bits per heavy atom. The first-order chi connectivity index (χ1) is 15.6. The third-order valence-corrected chi connectivity index (χ3v) is 7.09. The van der Waals surface area contributed by atoms with Crippen molar-refractivity contribution in [2.75, 3.05) is 39.6 Å². The van der Waals surface area contributed by atoms with E-state index < -0.39 is 0 Å². The Labute approximate surface area is 196 Å². The molecule has 2 N–H and O–H groups in total. The SMILES string of the molecule is C1CCCCC1.C=C(c1ccc(NC)cc1OC)N1CCC2CCCCC2C1.CNC=O. The van der Waals surface area contributed by atoms with Crippen LogP contribution in [0.4, 0.5) is 5.69 Å². The van der Waals surface area contributed by atoms with Crippen LogP contribution in [0.5, 0.6) is 5.75 Å². The van der Waals surface area contributed by atoms with Crippen LogP contribution in [0.2, 0.25) is 0 Å². The van der Waals surface area contributed by atoms with Gasteiger partial charge in [0.1, 0.15) is 5.75 Å². The monoisotopic (exact) mass is 443 g/mol. The first-order valence-corrected chi connectivity index (χ1v) is 12.6. The summed E-state index contributed by atoms with van der Waals surface area (Å²) in [4.78, 5) is 11.5. The van der Waals surface area contributed by atoms with Crippen molar-refractivity contribution >= 4 is 17.8 Å². The van der Waals surface area contributed by atoms with Crippen molar-refractivity contribution in [1.29, 1.82) is 0 Å². The van der Waals surface area contributed by atoms with Crippen LogP contribution >= 0.6 is 0 Å². The van der Waals surface area contributed by atoms with Gasteiger partial charge in [-0.05, 0) is 36.8 Å². The molecule has 3 fully saturated rings. The van der Waals surface area contributed by atoms with E-state index in [1.54, 1.807) is 14.2 Å². The number of likely N-dealkylation sites (tertiary alicyclic amines) is 1. The molecule has 3 aliphatic rings. The highest BCUT2D eigenvalue weighted by molar-refractivity contribution is 5.70. The van der Waals surface area contributed by atoms with Crippen LogP contribution in [0.1, 0.15) is 76.2 Å². The van der Waals surface area contributed by atoms with Gasteiger partial charge < -0.3 is 20.3 Å². The number of ether oxygens (including phenoxy) is 1. The molecule has 1 aliphatic heterocycles. The van der Waals surface area contributed by atoms with Crippen LogP contribution in [-0.4, -0.2) is 45.6 Å². The molecule has 0 aromatic heterocycles. The summed E-state index contributed by atoms with van der Waals surface area (Å²) in [6.07, 6.45) is 16.6. The van der Waals surface area contributed by atoms with Gasteiger partial charge in [0.25, 0.3) is 0 Å². The number of hydrogen-bond acceptors (Lipinski definition) is 4. The predicted octanol–water partition coefficient (Wildman–Crippen LogP) is 5.92. The number of rotatable bonds is 5. The maximum atomic E-state index is 9.06. The summed E-state index contributed by atoms with van der Waals surface area (Å²) in [7, 11) is 5.23. The summed E-state index contributed by atoms with van der Waals surface area (Å²) < 4.78 is 5.58. The minimum Gasteiger partial charge on any atom is -0.496 e. The van der Waals surface area contributed by atoms with Crippen molar-refractivity contribution in [3.8, 4) is 5.75 Å². The molecule has 1 saturated heterocycles. The Bertz CT molecular complexity index is 676. The molecule has 1 heterocycles. The number of fused-ring (bicyclic) bond motifs is 1. The van der Waals surface area contributed by atoms with E-state index in [-0.39, 0.29) is 0 Å². The zero-order chi connectivity index (χ0) is 23.2. The molecule has 2 unspecified atom stereocenters. The van der Waals surface area contributed by atoms with Gasteiger partial charge in [0.15, 0.2) is 0 Å². The van der Waals surface area contributed by atoms with E-state index in [4.69, 9.17) is 9.53 Å². The Morgan fingerprint density at radius 2 is 1.59 bits per heavy atom. The van der Waals surface area contributed by atoms with E-state index >= 15 is 0 Å². The molecule has 1 aromatic rings. The molecule has 2 atom stereocenters. The highest BCUT2D eigenvalue weighted by Crippen LogP contribution is 2.39. The number of anilines is 1. The topological polar surface area (TPSA) is 53.6 Å². The second-order valence-corrected chi connectivity index (χ2v) is 9.18. The summed E-state index contributed by atoms with van der Waals surface area (Å²) in [5, 5.41) is 5.41. The third kappa shape index (κ3) is 8.07. The summed E-state index contributed by atoms with van der Waals surface area (Å²) in [5.74, 6) is 2.72. The molecule has 5 nitrogen and oxygen atoms in total. The van der Waals surface area contributed by atoms with Crippen molar-refractivity contribution < 1.29 is 9.53 Å². The molecule has 4 rings (SSSR count). The predicted molar refractivity (Wildman–Crippen MR) is 136 cm³/mol. The second kappa shape index (κ2) is 14.8. The number of nitrogens with one attached hydrogen (secondary N) is 2. The molecule has 0 bridgehead atoms. The lowest BCUT2D eigenvalue weighted by Crippen LogP contribution is -2.40. The average Bonchev–Trinajstić information content (AvgIpc) is 2.89. The van der Waals surface area contributed by atoms with Crippen LogP contribution in [0.15, 0.2) is 24.8 Å². The standard InChI is InChI=1S/C19H28N2O.C6H12.C2H5NO/c1-14(18-9-8-17(20-2)12-19(18)22-3)21-11-10-15-6-4-5-7-16(15)13-21;1-2-4-6-5-3-1;1-3-2-4/h8-9,12,15-16,20H,1,4-7,10-11,13H2,2-3H3;1-6H2;2H,1H3,(H,3,4). The quantitative estimate of drug-likeness (QED) is 0.555. The minimum atomic E-state index is 0.625. The molecular weight excluding hydrogens is 398 g/mol. The van der Waals surface area contributed by atoms with Crippen LogP contribution in [-0.2, 0) is 4.79 Å². The zero-order valence-corrected chi connectivity index (χ0v) is 20.6. The van der Waals surface area contributed by atoms with Gasteiger partial charge in [-0.15, -0.1) is 0 Å². The number of hydrogen-bond donors (Lipinski definition) is 2. The Balaban J connectivity index is 0.000000301. The number of methoxy groups -OCH3 is 1. The number of benzene rings is 1. The van der Waals surface area contributed by atoms with Crippen molar-refractivity contribution in [3.05, 3.63) is 30.3 Å². The van der Waals surface area contributed by atoms with Crippen LogP contribution in [0, 0.1) is 11.8 Å². The molecule has 0 radical (unpaired) electrons. The molecule has 1 amide bonds. The van der Waals surface area contributed by atoms with Gasteiger partial charge in [-0.2, -0.15) is 0 Å². The average molecular weight is 444 g/mol. The largest absolute Gasteiger partial charge is 0.496 e. The van der Waals surface area contributed by atoms with Crippen molar-refractivity contribution in [2.45, 2.75) is 70.6 Å². The lowest BCUT2D eigenvalue weighted by Gasteiger charge is -2.43. The lowest BCUT2D eigenvalue weighted by atomic mass is 9.75. The Morgan fingerprint density at radius 3 is 2.12 bits per heavy atom. The van der Waals surface area contributed by atoms with Crippen molar-refractivity contribution in [1.82, 2.24) is 10.2 Å². The summed E-state index contributed by atoms with van der Waals surface area (Å²) in [6, 6.07) is 6.27. The fraction of sp³-hybridized carbons (Fsp3) is 0.667. The minimum absolute atomic E-state index is 0.625. The normalized spacial score (nSPS) is 22.0. The molecular formula is C27H45N3O2. The third-order valence-electron chi connectivity index (χ3n) is 7.09. The molecule has 180 valence electrons. The molecule has 1 aromatic carbocycles. The number of carbonyl (C=O) groups excluding carboxylic acids is 1. The van der Waals surface area contributed by atoms with Gasteiger partial charge in [0, 0.05) is 50.2 Å². The van der Waals surface area contributed by atoms with Crippen molar-refractivity contribution in [3.63, 3.8) is 0 Å². The maximum Gasteiger partial charge on any atom is 0.206 e. The molecule has 2 aliphatic carbocycles. The highest BCUT2D eigenvalue weighted by Gasteiger charge is 2.32. The molecule has 2 saturated carbocycles. The van der Waals surface area contributed by atoms with E-state index in [0.29, 0.717) is 6.41 Å². The molecule has 32 heavy (non-hydrogen) atoms. The highest BCUT2D eigenvalue weighted by atomic mass is 16.5. The number of carbonyl (C=O) groups is 1. The van der Waals surface area contributed by atoms with E-state index in [9.17, 15) is 0 Å². The van der Waals surface area contributed by atoms with E-state index in [2.05, 4.69) is 34.2 Å². The smallest absolute Gasteiger partial charge is 0.206 e. The number of piperidine rings is 1. The van der Waals surface area contributed by atoms with Gasteiger partial charge in [-0.3, -0.25) is 4.79 Å². The zero-order valence-electron chi connectivity index (χ0n) is 20.6. The Hall–Kier alpha value is -2.17. The van der Waals surface area contributed by atoms with Gasteiger partial charge >= 0.3 is 0 Å². The fourth-order valence-electron chi connectivity index (χ4n) is 5.16. The summed E-state index contributed by atoms with van der Waals surface area (Å²) in [5.41, 5.74) is 3.30.